The van der Waals surface area contributed by atoms with E-state index in [1.807, 2.05) is 0 Å². The van der Waals surface area contributed by atoms with Crippen molar-refractivity contribution in [1.29, 1.82) is 0 Å². The third kappa shape index (κ3) is 3.04. The van der Waals surface area contributed by atoms with Crippen molar-refractivity contribution in [3.8, 4) is 0 Å². The van der Waals surface area contributed by atoms with Crippen LogP contribution >= 0.6 is 11.8 Å². The Labute approximate surface area is 111 Å². The smallest absolute Gasteiger partial charge is 0.285 e. The quantitative estimate of drug-likeness (QED) is 0.847. The van der Waals surface area contributed by atoms with Crippen molar-refractivity contribution in [3.05, 3.63) is 35.9 Å². The summed E-state index contributed by atoms with van der Waals surface area (Å²) in [5.74, 6) is -2.79. The fraction of sp³-hybridized carbons (Fsp3) is 0.571. The molecule has 1 N–H and O–H groups in total. The maximum absolute atomic E-state index is 13.9. The molecule has 1 aliphatic rings. The first-order valence-electron chi connectivity index (χ1n) is 6.27. The number of alkyl halides is 2. The van der Waals surface area contributed by atoms with Crippen LogP contribution in [-0.4, -0.2) is 24.1 Å². The molecule has 1 aliphatic carbocycles. The van der Waals surface area contributed by atoms with E-state index in [2.05, 4.69) is 11.6 Å². The van der Waals surface area contributed by atoms with Gasteiger partial charge in [-0.15, -0.1) is 0 Å². The molecule has 0 atom stereocenters. The van der Waals surface area contributed by atoms with Gasteiger partial charge in [0.15, 0.2) is 0 Å². The van der Waals surface area contributed by atoms with Crippen LogP contribution in [0.3, 0.4) is 0 Å². The normalized spacial score (nSPS) is 18.4. The zero-order valence-corrected chi connectivity index (χ0v) is 11.4. The van der Waals surface area contributed by atoms with Crippen molar-refractivity contribution in [1.82, 2.24) is 5.32 Å². The van der Waals surface area contributed by atoms with Crippen LogP contribution in [0, 0.1) is 0 Å². The first-order valence-corrected chi connectivity index (χ1v) is 7.50. The maximum atomic E-state index is 13.9. The molecule has 1 nitrogen and oxygen atoms in total. The second-order valence-corrected chi connectivity index (χ2v) is 6.19. The Balaban J connectivity index is 1.86. The highest BCUT2D eigenvalue weighted by Crippen LogP contribution is 2.42. The van der Waals surface area contributed by atoms with E-state index < -0.39 is 5.92 Å². The molecule has 0 amide bonds. The van der Waals surface area contributed by atoms with Gasteiger partial charge < -0.3 is 5.32 Å². The monoisotopic (exact) mass is 271 g/mol. The Morgan fingerprint density at radius 1 is 1.28 bits per heavy atom. The molecule has 1 aromatic rings. The minimum atomic E-state index is -2.79. The van der Waals surface area contributed by atoms with Crippen LogP contribution in [-0.2, 0) is 5.92 Å². The van der Waals surface area contributed by atoms with Crippen molar-refractivity contribution in [2.45, 2.75) is 29.9 Å². The molecule has 0 saturated heterocycles. The highest BCUT2D eigenvalue weighted by Gasteiger charge is 2.37. The minimum absolute atomic E-state index is 0.0873. The van der Waals surface area contributed by atoms with Gasteiger partial charge in [-0.2, -0.15) is 20.5 Å². The fourth-order valence-corrected chi connectivity index (χ4v) is 3.20. The van der Waals surface area contributed by atoms with E-state index in [9.17, 15) is 8.78 Å². The molecular weight excluding hydrogens is 252 g/mol. The van der Waals surface area contributed by atoms with Crippen LogP contribution in [0.2, 0.25) is 0 Å². The van der Waals surface area contributed by atoms with Crippen LogP contribution in [0.1, 0.15) is 24.8 Å². The number of thioether (sulfide) groups is 1. The van der Waals surface area contributed by atoms with Gasteiger partial charge in [0.2, 0.25) is 0 Å². The number of rotatable bonds is 6. The maximum Gasteiger partial charge on any atom is 0.285 e. The predicted molar refractivity (Wildman–Crippen MR) is 73.3 cm³/mol. The van der Waals surface area contributed by atoms with Crippen molar-refractivity contribution in [3.63, 3.8) is 0 Å². The number of hydrogen-bond acceptors (Lipinski definition) is 2. The molecule has 0 aromatic heterocycles. The van der Waals surface area contributed by atoms with E-state index in [1.54, 1.807) is 30.0 Å². The highest BCUT2D eigenvalue weighted by molar-refractivity contribution is 8.00. The summed E-state index contributed by atoms with van der Waals surface area (Å²) in [5.41, 5.74) is 0.0873. The lowest BCUT2D eigenvalue weighted by molar-refractivity contribution is -0.00401. The average Bonchev–Trinajstić information content (AvgIpc) is 2.34. The zero-order valence-electron chi connectivity index (χ0n) is 10.6. The Morgan fingerprint density at radius 2 is 1.94 bits per heavy atom. The first-order chi connectivity index (χ1) is 8.58. The summed E-state index contributed by atoms with van der Waals surface area (Å²) in [4.78, 5) is 0. The lowest BCUT2D eigenvalue weighted by Gasteiger charge is -2.41. The largest absolute Gasteiger partial charge is 0.309 e. The average molecular weight is 271 g/mol. The van der Waals surface area contributed by atoms with Gasteiger partial charge in [-0.3, -0.25) is 0 Å². The molecule has 100 valence electrons. The van der Waals surface area contributed by atoms with E-state index in [0.29, 0.717) is 6.54 Å². The number of benzene rings is 1. The van der Waals surface area contributed by atoms with Crippen molar-refractivity contribution >= 4 is 11.8 Å². The van der Waals surface area contributed by atoms with Gasteiger partial charge in [-0.05, 0) is 19.1 Å². The molecule has 1 fully saturated rings. The summed E-state index contributed by atoms with van der Waals surface area (Å²) in [6.07, 6.45) is 5.56. The Morgan fingerprint density at radius 3 is 2.44 bits per heavy atom. The van der Waals surface area contributed by atoms with Crippen LogP contribution in [0.4, 0.5) is 8.78 Å². The lowest BCUT2D eigenvalue weighted by Crippen LogP contribution is -2.45. The topological polar surface area (TPSA) is 12.0 Å². The van der Waals surface area contributed by atoms with Gasteiger partial charge >= 0.3 is 0 Å². The van der Waals surface area contributed by atoms with Gasteiger partial charge in [0.05, 0.1) is 6.54 Å². The van der Waals surface area contributed by atoms with Crippen molar-refractivity contribution in [2.24, 2.45) is 0 Å². The van der Waals surface area contributed by atoms with E-state index in [1.165, 1.54) is 18.6 Å². The molecule has 0 bridgehead atoms. The summed E-state index contributed by atoms with van der Waals surface area (Å²) in [7, 11) is 0. The Bertz CT molecular complexity index is 371. The molecular formula is C14H19F2NS. The lowest BCUT2D eigenvalue weighted by atomic mass is 9.84. The number of halogens is 2. The van der Waals surface area contributed by atoms with Gasteiger partial charge in [-0.25, -0.2) is 0 Å². The van der Waals surface area contributed by atoms with Crippen LogP contribution < -0.4 is 5.32 Å². The number of nitrogens with one attached hydrogen (secondary N) is 1. The number of hydrogen-bond donors (Lipinski definition) is 1. The van der Waals surface area contributed by atoms with E-state index in [0.717, 1.165) is 12.8 Å². The SMILES string of the molecule is CSC1(CNCC(F)(F)c2ccccc2)CCC1. The standard InChI is InChI=1S/C14H19F2NS/c1-18-13(8-5-9-13)10-17-11-14(15,16)12-6-3-2-4-7-12/h2-4,6-7,17H,5,8-11H2,1H3. The molecule has 0 aliphatic heterocycles. The van der Waals surface area contributed by atoms with Gasteiger partial charge in [0, 0.05) is 16.9 Å². The molecule has 0 heterocycles. The van der Waals surface area contributed by atoms with Gasteiger partial charge in [-0.1, -0.05) is 36.8 Å². The van der Waals surface area contributed by atoms with Gasteiger partial charge in [0.25, 0.3) is 5.92 Å². The van der Waals surface area contributed by atoms with Crippen LogP contribution in [0.25, 0.3) is 0 Å². The molecule has 2 rings (SSSR count). The molecule has 0 spiro atoms. The second-order valence-electron chi connectivity index (χ2n) is 4.91. The third-order valence-electron chi connectivity index (χ3n) is 3.69. The highest BCUT2D eigenvalue weighted by atomic mass is 32.2. The molecule has 18 heavy (non-hydrogen) atoms. The van der Waals surface area contributed by atoms with Crippen molar-refractivity contribution < 1.29 is 8.78 Å². The molecule has 1 aromatic carbocycles. The molecule has 4 heteroatoms. The van der Waals surface area contributed by atoms with E-state index >= 15 is 0 Å². The molecule has 0 radical (unpaired) electrons. The summed E-state index contributed by atoms with van der Waals surface area (Å²) in [6.45, 7) is 0.399. The third-order valence-corrected chi connectivity index (χ3v) is 5.11. The van der Waals surface area contributed by atoms with E-state index in [4.69, 9.17) is 0 Å². The van der Waals surface area contributed by atoms with Crippen molar-refractivity contribution in [2.75, 3.05) is 19.3 Å². The first kappa shape index (κ1) is 13.8. The molecule has 1 saturated carbocycles. The summed E-state index contributed by atoms with van der Waals surface area (Å²) in [5, 5.41) is 2.95. The summed E-state index contributed by atoms with van der Waals surface area (Å²) < 4.78 is 28.0. The fourth-order valence-electron chi connectivity index (χ4n) is 2.26. The molecule has 0 unspecified atom stereocenters. The van der Waals surface area contributed by atoms with E-state index in [-0.39, 0.29) is 16.9 Å². The Kier molecular flexibility index (Phi) is 4.28. The zero-order chi connectivity index (χ0) is 13.1. The summed E-state index contributed by atoms with van der Waals surface area (Å²) in [6, 6.07) is 8.02. The second kappa shape index (κ2) is 5.57. The minimum Gasteiger partial charge on any atom is -0.309 e. The van der Waals surface area contributed by atoms with Gasteiger partial charge in [0.1, 0.15) is 0 Å². The summed E-state index contributed by atoms with van der Waals surface area (Å²) >= 11 is 1.80. The van der Waals surface area contributed by atoms with Crippen LogP contribution in [0.15, 0.2) is 30.3 Å². The predicted octanol–water partition coefficient (Wildman–Crippen LogP) is 3.65. The van der Waals surface area contributed by atoms with Crippen LogP contribution in [0.5, 0.6) is 0 Å². The Hall–Kier alpha value is -0.610.